The molecule has 0 saturated carbocycles. The van der Waals surface area contributed by atoms with Crippen molar-refractivity contribution in [3.8, 4) is 28.5 Å². The number of nitrogen functional groups attached to an aromatic ring is 1. The van der Waals surface area contributed by atoms with Gasteiger partial charge in [-0.1, -0.05) is 23.7 Å². The molecule has 0 fully saturated rings. The second-order valence-electron chi connectivity index (χ2n) is 9.31. The van der Waals surface area contributed by atoms with Crippen LogP contribution < -0.4 is 26.8 Å². The Morgan fingerprint density at radius 2 is 1.78 bits per heavy atom. The first kappa shape index (κ1) is 33.5. The van der Waals surface area contributed by atoms with Crippen molar-refractivity contribution in [3.63, 3.8) is 0 Å². The Morgan fingerprint density at radius 3 is 2.39 bits per heavy atom. The van der Waals surface area contributed by atoms with Crippen molar-refractivity contribution in [2.24, 2.45) is 5.73 Å². The van der Waals surface area contributed by atoms with Gasteiger partial charge in [0.25, 0.3) is 0 Å². The van der Waals surface area contributed by atoms with E-state index in [2.05, 4.69) is 25.9 Å². The number of carbonyl (C=O) groups excluding carboxylic acids is 1. The summed E-state index contributed by atoms with van der Waals surface area (Å²) in [5, 5.41) is 21.0. The number of aromatic nitrogens is 5. The summed E-state index contributed by atoms with van der Waals surface area (Å²) in [5.74, 6) is -1.61. The largest absolute Gasteiger partial charge is 0.490 e. The summed E-state index contributed by atoms with van der Waals surface area (Å²) >= 11 is 5.92. The highest BCUT2D eigenvalue weighted by atomic mass is 35.5. The number of amides is 2. The highest BCUT2D eigenvalue weighted by molar-refractivity contribution is 6.30. The van der Waals surface area contributed by atoms with Gasteiger partial charge in [-0.2, -0.15) is 13.2 Å². The Hall–Kier alpha value is -5.42. The highest BCUT2D eigenvalue weighted by Gasteiger charge is 2.38. The number of imidazole rings is 1. The van der Waals surface area contributed by atoms with Gasteiger partial charge < -0.3 is 36.5 Å². The quantitative estimate of drug-likeness (QED) is 0.126. The molecule has 3 heterocycles. The van der Waals surface area contributed by atoms with Crippen LogP contribution in [-0.4, -0.2) is 61.3 Å². The summed E-state index contributed by atoms with van der Waals surface area (Å²) in [4.78, 5) is 31.0. The molecule has 0 atom stereocenters. The van der Waals surface area contributed by atoms with Gasteiger partial charge in [0.1, 0.15) is 11.0 Å². The number of rotatable bonds is 9. The van der Waals surface area contributed by atoms with E-state index in [1.807, 2.05) is 29.7 Å². The lowest BCUT2D eigenvalue weighted by atomic mass is 10.1. The summed E-state index contributed by atoms with van der Waals surface area (Å²) in [6, 6.07) is 13.7. The number of carboxylic acid groups (broad SMARTS) is 1. The maximum atomic E-state index is 12.6. The van der Waals surface area contributed by atoms with Crippen molar-refractivity contribution in [2.45, 2.75) is 26.1 Å². The number of alkyl halides is 3. The first-order valence-corrected chi connectivity index (χ1v) is 13.8. The molecule has 2 aromatic carbocycles. The summed E-state index contributed by atoms with van der Waals surface area (Å²) in [7, 11) is 0. The minimum absolute atomic E-state index is 0.123. The molecule has 2 amide bonds. The molecular formula is C28H27ClF3N9O5. The molecule has 7 N–H and O–H groups in total. The Morgan fingerprint density at radius 1 is 1.09 bits per heavy atom. The van der Waals surface area contributed by atoms with Crippen molar-refractivity contribution in [1.82, 2.24) is 24.8 Å². The van der Waals surface area contributed by atoms with Crippen molar-refractivity contribution in [1.29, 1.82) is 0 Å². The van der Waals surface area contributed by atoms with Crippen LogP contribution in [0.1, 0.15) is 13.3 Å². The Kier molecular flexibility index (Phi) is 10.6. The number of nitrogens with one attached hydrogen (secondary N) is 2. The SMILES string of the molecule is CCn1c(-c2nonc2N)nc2c(-c3cccc(NC(=O)Nc4ccc(Cl)cc4)c3)ncc(OCCCN)c21.O=C(O)C(F)(F)F. The molecule has 0 aliphatic carbocycles. The fourth-order valence-electron chi connectivity index (χ4n) is 4.11. The molecule has 18 heteroatoms. The van der Waals surface area contributed by atoms with E-state index in [1.165, 1.54) is 0 Å². The van der Waals surface area contributed by atoms with Gasteiger partial charge >= 0.3 is 18.2 Å². The monoisotopic (exact) mass is 661 g/mol. The number of halogens is 4. The van der Waals surface area contributed by atoms with Crippen LogP contribution in [0, 0.1) is 0 Å². The van der Waals surface area contributed by atoms with E-state index in [0.717, 1.165) is 11.1 Å². The summed E-state index contributed by atoms with van der Waals surface area (Å²) in [5.41, 5.74) is 15.8. The number of ether oxygens (including phenoxy) is 1. The zero-order chi connectivity index (χ0) is 33.4. The van der Waals surface area contributed by atoms with Crippen LogP contribution in [0.5, 0.6) is 5.75 Å². The first-order chi connectivity index (χ1) is 21.9. The predicted octanol–water partition coefficient (Wildman–Crippen LogP) is 5.41. The number of urea groups is 1. The number of fused-ring (bicyclic) bond motifs is 1. The van der Waals surface area contributed by atoms with E-state index in [4.69, 9.17) is 47.3 Å². The van der Waals surface area contributed by atoms with E-state index in [1.54, 1.807) is 36.5 Å². The van der Waals surface area contributed by atoms with Crippen LogP contribution >= 0.6 is 11.6 Å². The molecule has 0 aliphatic heterocycles. The molecular weight excluding hydrogens is 635 g/mol. The molecule has 0 spiro atoms. The van der Waals surface area contributed by atoms with Gasteiger partial charge in [0, 0.05) is 28.5 Å². The van der Waals surface area contributed by atoms with Crippen molar-refractivity contribution >= 4 is 51.8 Å². The van der Waals surface area contributed by atoms with Crippen molar-refractivity contribution in [3.05, 3.63) is 59.8 Å². The van der Waals surface area contributed by atoms with Crippen molar-refractivity contribution < 1.29 is 37.2 Å². The maximum Gasteiger partial charge on any atom is 0.490 e. The van der Waals surface area contributed by atoms with Gasteiger partial charge in [-0.3, -0.25) is 0 Å². The molecule has 0 unspecified atom stereocenters. The number of benzene rings is 2. The third kappa shape index (κ3) is 7.99. The summed E-state index contributed by atoms with van der Waals surface area (Å²) < 4.78 is 44.5. The van der Waals surface area contributed by atoms with E-state index in [9.17, 15) is 18.0 Å². The molecule has 5 aromatic rings. The summed E-state index contributed by atoms with van der Waals surface area (Å²) in [6.45, 7) is 3.44. The molecule has 14 nitrogen and oxygen atoms in total. The molecule has 0 bridgehead atoms. The fraction of sp³-hybridized carbons (Fsp3) is 0.214. The number of aliphatic carboxylic acids is 1. The standard InChI is InChI=1S/C26H26ClN9O3.C2HF3O2/c1-2-36-23-19(38-12-4-11-28)14-30-20(21(23)33-25(36)22-24(29)35-39-34-22)15-5-3-6-18(13-15)32-26(37)31-17-9-7-16(27)8-10-17;3-2(4,5)1(6)7/h3,5-10,13-14H,2,4,11-12,28H2,1H3,(H2,29,35)(H2,31,32,37);(H,6,7). The average Bonchev–Trinajstić information content (AvgIpc) is 3.61. The van der Waals surface area contributed by atoms with Gasteiger partial charge in [-0.05, 0) is 66.6 Å². The number of anilines is 3. The van der Waals surface area contributed by atoms with Crippen LogP contribution in [0.3, 0.4) is 0 Å². The summed E-state index contributed by atoms with van der Waals surface area (Å²) in [6.07, 6.45) is -2.74. The molecule has 0 aliphatic rings. The highest BCUT2D eigenvalue weighted by Crippen LogP contribution is 2.37. The number of carbonyl (C=O) groups is 2. The van der Waals surface area contributed by atoms with Crippen LogP contribution in [0.4, 0.5) is 35.2 Å². The number of aryl methyl sites for hydroxylation is 1. The number of nitrogens with two attached hydrogens (primary N) is 2. The number of pyridine rings is 1. The van der Waals surface area contributed by atoms with Crippen LogP contribution in [0.15, 0.2) is 59.4 Å². The number of nitrogens with zero attached hydrogens (tertiary/aromatic N) is 5. The van der Waals surface area contributed by atoms with Crippen molar-refractivity contribution in [2.75, 3.05) is 29.5 Å². The van der Waals surface area contributed by atoms with E-state index in [-0.39, 0.29) is 5.82 Å². The lowest BCUT2D eigenvalue weighted by Gasteiger charge is -2.12. The average molecular weight is 662 g/mol. The smallest absolute Gasteiger partial charge is 0.490 e. The first-order valence-electron chi connectivity index (χ1n) is 13.5. The van der Waals surface area contributed by atoms with Crippen LogP contribution in [-0.2, 0) is 11.3 Å². The van der Waals surface area contributed by atoms with Gasteiger partial charge in [-0.15, -0.1) is 0 Å². The number of carboxylic acids is 1. The zero-order valence-corrected chi connectivity index (χ0v) is 24.8. The molecule has 242 valence electrons. The lowest BCUT2D eigenvalue weighted by molar-refractivity contribution is -0.192. The molecule has 3 aromatic heterocycles. The maximum absolute atomic E-state index is 12.6. The minimum Gasteiger partial charge on any atom is -0.490 e. The second kappa shape index (κ2) is 14.6. The van der Waals surface area contributed by atoms with Crippen LogP contribution in [0.2, 0.25) is 5.02 Å². The van der Waals surface area contributed by atoms with Gasteiger partial charge in [0.2, 0.25) is 0 Å². The van der Waals surface area contributed by atoms with Gasteiger partial charge in [0.05, 0.1) is 18.5 Å². The zero-order valence-electron chi connectivity index (χ0n) is 24.0. The predicted molar refractivity (Wildman–Crippen MR) is 163 cm³/mol. The van der Waals surface area contributed by atoms with Gasteiger partial charge in [-0.25, -0.2) is 24.2 Å². The fourth-order valence-corrected chi connectivity index (χ4v) is 4.23. The molecule has 0 radical (unpaired) electrons. The van der Waals surface area contributed by atoms with E-state index < -0.39 is 18.2 Å². The Balaban J connectivity index is 0.000000617. The van der Waals surface area contributed by atoms with Gasteiger partial charge in [0.15, 0.2) is 23.1 Å². The molecule has 5 rings (SSSR count). The van der Waals surface area contributed by atoms with E-state index in [0.29, 0.717) is 71.0 Å². The molecule has 0 saturated heterocycles. The van der Waals surface area contributed by atoms with E-state index >= 15 is 0 Å². The third-order valence-electron chi connectivity index (χ3n) is 6.12. The topological polar surface area (TPSA) is 209 Å². The van der Waals surface area contributed by atoms with Crippen LogP contribution in [0.25, 0.3) is 33.8 Å². The normalized spacial score (nSPS) is 11.1. The number of hydrogen-bond acceptors (Lipinski definition) is 10. The lowest BCUT2D eigenvalue weighted by Crippen LogP contribution is -2.21. The Bertz CT molecular complexity index is 1830. The molecule has 46 heavy (non-hydrogen) atoms. The second-order valence-corrected chi connectivity index (χ2v) is 9.74. The number of hydrogen-bond donors (Lipinski definition) is 5. The minimum atomic E-state index is -5.08. The third-order valence-corrected chi connectivity index (χ3v) is 6.37. The Labute approximate surface area is 263 Å².